The highest BCUT2D eigenvalue weighted by Crippen LogP contribution is 2.22. The molecule has 0 spiro atoms. The second-order valence-electron chi connectivity index (χ2n) is 6.69. The van der Waals surface area contributed by atoms with E-state index in [4.69, 9.17) is 0 Å². The maximum absolute atomic E-state index is 12.7. The molecular weight excluding hydrogens is 318 g/mol. The molecule has 0 radical (unpaired) electrons. The van der Waals surface area contributed by atoms with E-state index in [1.807, 2.05) is 38.1 Å². The normalized spacial score (nSPS) is 16.6. The van der Waals surface area contributed by atoms with Crippen LogP contribution in [0.4, 0.5) is 0 Å². The quantitative estimate of drug-likeness (QED) is 0.894. The van der Waals surface area contributed by atoms with Gasteiger partial charge in [0.05, 0.1) is 31.0 Å². The zero-order valence-electron chi connectivity index (χ0n) is 14.6. The van der Waals surface area contributed by atoms with Crippen molar-refractivity contribution in [2.24, 2.45) is 5.92 Å². The third-order valence-corrected chi connectivity index (χ3v) is 4.20. The molecule has 1 unspecified atom stereocenters. The SMILES string of the molecule is CC(C)CC(=O)N1Cc2ccnn2C(C(=O)NCc2ccccn2)C1. The van der Waals surface area contributed by atoms with E-state index >= 15 is 0 Å². The first-order valence-electron chi connectivity index (χ1n) is 8.52. The standard InChI is InChI=1S/C18H23N5O2/c1-13(2)9-17(24)22-11-15-6-8-21-23(15)16(12-22)18(25)20-10-14-5-3-4-7-19-14/h3-8,13,16H,9-12H2,1-2H3,(H,20,25). The Bertz CT molecular complexity index is 741. The molecule has 0 saturated heterocycles. The molecule has 0 saturated carbocycles. The fourth-order valence-electron chi connectivity index (χ4n) is 2.95. The number of aromatic nitrogens is 3. The zero-order valence-corrected chi connectivity index (χ0v) is 14.6. The predicted octanol–water partition coefficient (Wildman–Crippen LogP) is 1.52. The van der Waals surface area contributed by atoms with E-state index in [0.29, 0.717) is 26.1 Å². The molecule has 1 aliphatic rings. The Balaban J connectivity index is 1.71. The highest BCUT2D eigenvalue weighted by Gasteiger charge is 2.32. The van der Waals surface area contributed by atoms with E-state index < -0.39 is 6.04 Å². The van der Waals surface area contributed by atoms with E-state index in [0.717, 1.165) is 11.4 Å². The maximum atomic E-state index is 12.7. The van der Waals surface area contributed by atoms with Crippen LogP contribution in [0.15, 0.2) is 36.7 Å². The largest absolute Gasteiger partial charge is 0.349 e. The average Bonchev–Trinajstić information content (AvgIpc) is 3.07. The lowest BCUT2D eigenvalue weighted by atomic mass is 10.1. The monoisotopic (exact) mass is 341 g/mol. The molecule has 0 aliphatic carbocycles. The second-order valence-corrected chi connectivity index (χ2v) is 6.69. The Hall–Kier alpha value is -2.70. The number of fused-ring (bicyclic) bond motifs is 1. The molecular formula is C18H23N5O2. The lowest BCUT2D eigenvalue weighted by Gasteiger charge is -2.33. The molecule has 2 aromatic rings. The van der Waals surface area contributed by atoms with E-state index in [2.05, 4.69) is 15.4 Å². The van der Waals surface area contributed by atoms with Gasteiger partial charge in [-0.15, -0.1) is 0 Å². The van der Waals surface area contributed by atoms with Gasteiger partial charge in [0.1, 0.15) is 6.04 Å². The topological polar surface area (TPSA) is 80.1 Å². The van der Waals surface area contributed by atoms with Crippen molar-refractivity contribution in [2.75, 3.05) is 6.54 Å². The molecule has 1 N–H and O–H groups in total. The van der Waals surface area contributed by atoms with Crippen LogP contribution in [0.5, 0.6) is 0 Å². The number of pyridine rings is 1. The van der Waals surface area contributed by atoms with Crippen LogP contribution in [0.3, 0.4) is 0 Å². The number of carbonyl (C=O) groups is 2. The summed E-state index contributed by atoms with van der Waals surface area (Å²) >= 11 is 0. The van der Waals surface area contributed by atoms with Gasteiger partial charge < -0.3 is 10.2 Å². The summed E-state index contributed by atoms with van der Waals surface area (Å²) in [4.78, 5) is 31.1. The molecule has 7 heteroatoms. The number of carbonyl (C=O) groups excluding carboxylic acids is 2. The molecule has 1 aliphatic heterocycles. The Kier molecular flexibility index (Phi) is 5.11. The summed E-state index contributed by atoms with van der Waals surface area (Å²) in [6.45, 7) is 5.23. The Morgan fingerprint density at radius 2 is 2.12 bits per heavy atom. The van der Waals surface area contributed by atoms with Crippen molar-refractivity contribution >= 4 is 11.8 Å². The van der Waals surface area contributed by atoms with Crippen LogP contribution in [0, 0.1) is 5.92 Å². The van der Waals surface area contributed by atoms with Crippen LogP contribution in [-0.2, 0) is 22.7 Å². The summed E-state index contributed by atoms with van der Waals surface area (Å²) in [5.41, 5.74) is 1.67. The first kappa shape index (κ1) is 17.1. The van der Waals surface area contributed by atoms with Crippen LogP contribution in [0.25, 0.3) is 0 Å². The Morgan fingerprint density at radius 1 is 1.28 bits per heavy atom. The summed E-state index contributed by atoms with van der Waals surface area (Å²) in [6.07, 6.45) is 3.85. The maximum Gasteiger partial charge on any atom is 0.247 e. The van der Waals surface area contributed by atoms with Crippen molar-refractivity contribution in [3.8, 4) is 0 Å². The summed E-state index contributed by atoms with van der Waals surface area (Å²) in [7, 11) is 0. The summed E-state index contributed by atoms with van der Waals surface area (Å²) < 4.78 is 1.72. The van der Waals surface area contributed by atoms with Crippen LogP contribution in [-0.4, -0.2) is 38.0 Å². The van der Waals surface area contributed by atoms with Gasteiger partial charge in [-0.25, -0.2) is 0 Å². The number of hydrogen-bond donors (Lipinski definition) is 1. The van der Waals surface area contributed by atoms with E-state index in [1.165, 1.54) is 0 Å². The van der Waals surface area contributed by atoms with E-state index in [1.54, 1.807) is 22.0 Å². The highest BCUT2D eigenvalue weighted by atomic mass is 16.2. The van der Waals surface area contributed by atoms with Crippen molar-refractivity contribution in [3.05, 3.63) is 48.0 Å². The first-order valence-corrected chi connectivity index (χ1v) is 8.52. The number of amides is 2. The summed E-state index contributed by atoms with van der Waals surface area (Å²) in [6, 6.07) is 6.92. The molecule has 3 heterocycles. The van der Waals surface area contributed by atoms with Gasteiger partial charge in [-0.05, 0) is 24.1 Å². The molecule has 132 valence electrons. The van der Waals surface area contributed by atoms with Gasteiger partial charge in [0, 0.05) is 18.8 Å². The van der Waals surface area contributed by atoms with Crippen molar-refractivity contribution < 1.29 is 9.59 Å². The molecule has 0 bridgehead atoms. The minimum absolute atomic E-state index is 0.0741. The molecule has 0 fully saturated rings. The van der Waals surface area contributed by atoms with Crippen molar-refractivity contribution in [2.45, 2.75) is 39.4 Å². The summed E-state index contributed by atoms with van der Waals surface area (Å²) in [5.74, 6) is 0.207. The van der Waals surface area contributed by atoms with Crippen molar-refractivity contribution in [1.29, 1.82) is 0 Å². The van der Waals surface area contributed by atoms with Gasteiger partial charge in [-0.2, -0.15) is 5.10 Å². The Morgan fingerprint density at radius 3 is 2.84 bits per heavy atom. The summed E-state index contributed by atoms with van der Waals surface area (Å²) in [5, 5.41) is 7.17. The molecule has 7 nitrogen and oxygen atoms in total. The first-order chi connectivity index (χ1) is 12.0. The predicted molar refractivity (Wildman–Crippen MR) is 92.2 cm³/mol. The highest BCUT2D eigenvalue weighted by molar-refractivity contribution is 5.82. The molecule has 1 atom stereocenters. The minimum Gasteiger partial charge on any atom is -0.349 e. The van der Waals surface area contributed by atoms with Gasteiger partial charge in [-0.3, -0.25) is 19.3 Å². The van der Waals surface area contributed by atoms with Crippen LogP contribution < -0.4 is 5.32 Å². The van der Waals surface area contributed by atoms with Gasteiger partial charge in [-0.1, -0.05) is 19.9 Å². The fraction of sp³-hybridized carbons (Fsp3) is 0.444. The number of hydrogen-bond acceptors (Lipinski definition) is 4. The lowest BCUT2D eigenvalue weighted by Crippen LogP contribution is -2.47. The number of rotatable bonds is 5. The third kappa shape index (κ3) is 4.04. The average molecular weight is 341 g/mol. The van der Waals surface area contributed by atoms with E-state index in [9.17, 15) is 9.59 Å². The van der Waals surface area contributed by atoms with Crippen LogP contribution >= 0.6 is 0 Å². The van der Waals surface area contributed by atoms with Gasteiger partial charge >= 0.3 is 0 Å². The Labute approximate surface area is 147 Å². The molecule has 2 amide bonds. The lowest BCUT2D eigenvalue weighted by molar-refractivity contribution is -0.136. The smallest absolute Gasteiger partial charge is 0.247 e. The van der Waals surface area contributed by atoms with Gasteiger partial charge in [0.15, 0.2) is 0 Å². The van der Waals surface area contributed by atoms with Crippen LogP contribution in [0.2, 0.25) is 0 Å². The van der Waals surface area contributed by atoms with Crippen molar-refractivity contribution in [3.63, 3.8) is 0 Å². The molecule has 0 aromatic carbocycles. The van der Waals surface area contributed by atoms with Crippen molar-refractivity contribution in [1.82, 2.24) is 25.0 Å². The minimum atomic E-state index is -0.515. The van der Waals surface area contributed by atoms with Crippen LogP contribution in [0.1, 0.15) is 37.7 Å². The molecule has 3 rings (SSSR count). The molecule has 2 aromatic heterocycles. The number of nitrogens with zero attached hydrogens (tertiary/aromatic N) is 4. The second kappa shape index (κ2) is 7.46. The molecule has 25 heavy (non-hydrogen) atoms. The van der Waals surface area contributed by atoms with E-state index in [-0.39, 0.29) is 17.7 Å². The fourth-order valence-corrected chi connectivity index (χ4v) is 2.95. The zero-order chi connectivity index (χ0) is 17.8. The van der Waals surface area contributed by atoms with Gasteiger partial charge in [0.2, 0.25) is 11.8 Å². The van der Waals surface area contributed by atoms with Gasteiger partial charge in [0.25, 0.3) is 0 Å². The third-order valence-electron chi connectivity index (χ3n) is 4.20. The number of nitrogens with one attached hydrogen (secondary N) is 1.